The second-order valence-electron chi connectivity index (χ2n) is 4.58. The molecule has 116 valence electrons. The minimum Gasteiger partial charge on any atom is -0.250 e. The van der Waals surface area contributed by atoms with Gasteiger partial charge < -0.3 is 0 Å². The van der Waals surface area contributed by atoms with Crippen LogP contribution in [0.3, 0.4) is 0 Å². The zero-order valence-electron chi connectivity index (χ0n) is 11.5. The molecule has 1 heterocycles. The standard InChI is InChI=1S/C15H9Cl2FN4S/c16-10-3-6-12(13(17)7-10)14-20-21-15(23)22(14)19-8-9-1-4-11(18)5-2-9/h1-8H,(H,21,23)/b19-8+. The highest BCUT2D eigenvalue weighted by molar-refractivity contribution is 7.71. The van der Waals surface area contributed by atoms with Crippen LogP contribution in [-0.4, -0.2) is 21.1 Å². The molecule has 0 bridgehead atoms. The van der Waals surface area contributed by atoms with Crippen molar-refractivity contribution in [3.05, 3.63) is 68.7 Å². The van der Waals surface area contributed by atoms with Crippen LogP contribution in [0.5, 0.6) is 0 Å². The Labute approximate surface area is 146 Å². The summed E-state index contributed by atoms with van der Waals surface area (Å²) in [7, 11) is 0. The van der Waals surface area contributed by atoms with E-state index in [0.717, 1.165) is 5.56 Å². The van der Waals surface area contributed by atoms with Crippen LogP contribution in [0.15, 0.2) is 47.6 Å². The number of rotatable bonds is 3. The van der Waals surface area contributed by atoms with Crippen LogP contribution in [0.4, 0.5) is 4.39 Å². The van der Waals surface area contributed by atoms with Crippen molar-refractivity contribution in [2.45, 2.75) is 0 Å². The first kappa shape index (κ1) is 15.9. The Morgan fingerprint density at radius 1 is 1.17 bits per heavy atom. The fourth-order valence-electron chi connectivity index (χ4n) is 1.92. The van der Waals surface area contributed by atoms with Gasteiger partial charge in [0.25, 0.3) is 0 Å². The molecule has 2 aromatic carbocycles. The summed E-state index contributed by atoms with van der Waals surface area (Å²) in [6.07, 6.45) is 1.55. The van der Waals surface area contributed by atoms with Gasteiger partial charge in [-0.15, -0.1) is 0 Å². The van der Waals surface area contributed by atoms with Crippen molar-refractivity contribution >= 4 is 41.6 Å². The van der Waals surface area contributed by atoms with Crippen LogP contribution in [0.2, 0.25) is 10.0 Å². The molecule has 0 aliphatic rings. The SMILES string of the molecule is Fc1ccc(/C=N/n2c(-c3ccc(Cl)cc3Cl)n[nH]c2=S)cc1. The highest BCUT2D eigenvalue weighted by Crippen LogP contribution is 2.29. The first-order valence-electron chi connectivity index (χ1n) is 6.47. The molecular formula is C15H9Cl2FN4S. The minimum absolute atomic E-state index is 0.310. The Bertz CT molecular complexity index is 931. The molecule has 0 atom stereocenters. The van der Waals surface area contributed by atoms with Crippen LogP contribution in [-0.2, 0) is 0 Å². The number of benzene rings is 2. The predicted octanol–water partition coefficient (Wildman–Crippen LogP) is 4.94. The third-order valence-electron chi connectivity index (χ3n) is 3.01. The van der Waals surface area contributed by atoms with Crippen molar-refractivity contribution in [1.82, 2.24) is 14.9 Å². The van der Waals surface area contributed by atoms with Crippen molar-refractivity contribution < 1.29 is 4.39 Å². The number of H-pyrrole nitrogens is 1. The summed E-state index contributed by atoms with van der Waals surface area (Å²) in [5, 5.41) is 12.1. The summed E-state index contributed by atoms with van der Waals surface area (Å²) in [5.74, 6) is 0.144. The topological polar surface area (TPSA) is 46.0 Å². The van der Waals surface area contributed by atoms with E-state index < -0.39 is 0 Å². The van der Waals surface area contributed by atoms with E-state index in [9.17, 15) is 4.39 Å². The van der Waals surface area contributed by atoms with Crippen molar-refractivity contribution in [3.8, 4) is 11.4 Å². The molecular weight excluding hydrogens is 358 g/mol. The number of halogens is 3. The van der Waals surface area contributed by atoms with Gasteiger partial charge in [0.2, 0.25) is 4.77 Å². The molecule has 3 rings (SSSR count). The molecule has 0 saturated heterocycles. The van der Waals surface area contributed by atoms with Crippen molar-refractivity contribution in [2.24, 2.45) is 5.10 Å². The second kappa shape index (κ2) is 6.62. The molecule has 0 unspecified atom stereocenters. The molecule has 8 heteroatoms. The first-order valence-corrected chi connectivity index (χ1v) is 7.64. The van der Waals surface area contributed by atoms with E-state index in [1.165, 1.54) is 16.8 Å². The number of hydrogen-bond donors (Lipinski definition) is 1. The Kier molecular flexibility index (Phi) is 4.56. The lowest BCUT2D eigenvalue weighted by Gasteiger charge is -2.04. The average Bonchev–Trinajstić information content (AvgIpc) is 2.88. The molecule has 0 amide bonds. The quantitative estimate of drug-likeness (QED) is 0.527. The Balaban J connectivity index is 2.02. The van der Waals surface area contributed by atoms with Gasteiger partial charge in [-0.25, -0.2) is 9.49 Å². The molecule has 3 aromatic rings. The highest BCUT2D eigenvalue weighted by Gasteiger charge is 2.12. The van der Waals surface area contributed by atoms with E-state index in [0.29, 0.717) is 26.2 Å². The maximum Gasteiger partial charge on any atom is 0.216 e. The lowest BCUT2D eigenvalue weighted by molar-refractivity contribution is 0.628. The Hall–Kier alpha value is -2.02. The van der Waals surface area contributed by atoms with Crippen molar-refractivity contribution in [1.29, 1.82) is 0 Å². The molecule has 0 aliphatic heterocycles. The third-order valence-corrected chi connectivity index (χ3v) is 3.83. The largest absolute Gasteiger partial charge is 0.250 e. The fraction of sp³-hybridized carbons (Fsp3) is 0. The van der Waals surface area contributed by atoms with E-state index in [2.05, 4.69) is 15.3 Å². The van der Waals surface area contributed by atoms with Gasteiger partial charge in [0.05, 0.1) is 11.2 Å². The lowest BCUT2D eigenvalue weighted by Crippen LogP contribution is -1.95. The molecule has 0 radical (unpaired) electrons. The van der Waals surface area contributed by atoms with Gasteiger partial charge in [0.15, 0.2) is 5.82 Å². The normalized spacial score (nSPS) is 11.3. The Morgan fingerprint density at radius 2 is 1.91 bits per heavy atom. The molecule has 0 aliphatic carbocycles. The lowest BCUT2D eigenvalue weighted by atomic mass is 10.2. The van der Waals surface area contributed by atoms with Gasteiger partial charge in [-0.05, 0) is 48.1 Å². The van der Waals surface area contributed by atoms with Crippen molar-refractivity contribution in [2.75, 3.05) is 0 Å². The van der Waals surface area contributed by atoms with Crippen LogP contribution in [0.1, 0.15) is 5.56 Å². The fourth-order valence-corrected chi connectivity index (χ4v) is 2.59. The summed E-state index contributed by atoms with van der Waals surface area (Å²) in [5.41, 5.74) is 1.36. The maximum absolute atomic E-state index is 12.9. The van der Waals surface area contributed by atoms with Crippen LogP contribution >= 0.6 is 35.4 Å². The maximum atomic E-state index is 12.9. The van der Waals surface area contributed by atoms with Gasteiger partial charge in [0, 0.05) is 10.6 Å². The number of nitrogens with zero attached hydrogens (tertiary/aromatic N) is 3. The molecule has 4 nitrogen and oxygen atoms in total. The Morgan fingerprint density at radius 3 is 2.61 bits per heavy atom. The molecule has 0 spiro atoms. The van der Waals surface area contributed by atoms with Gasteiger partial charge in [-0.3, -0.25) is 0 Å². The summed E-state index contributed by atoms with van der Waals surface area (Å²) >= 11 is 17.3. The molecule has 23 heavy (non-hydrogen) atoms. The smallest absolute Gasteiger partial charge is 0.216 e. The van der Waals surface area contributed by atoms with Crippen LogP contribution < -0.4 is 0 Å². The summed E-state index contributed by atoms with van der Waals surface area (Å²) in [6.45, 7) is 0. The van der Waals surface area contributed by atoms with Crippen LogP contribution in [0.25, 0.3) is 11.4 Å². The zero-order chi connectivity index (χ0) is 16.4. The average molecular weight is 367 g/mol. The van der Waals surface area contributed by atoms with Gasteiger partial charge in [-0.1, -0.05) is 35.3 Å². The summed E-state index contributed by atoms with van der Waals surface area (Å²) < 4.78 is 14.7. The van der Waals surface area contributed by atoms with Crippen molar-refractivity contribution in [3.63, 3.8) is 0 Å². The number of aromatic amines is 1. The number of nitrogens with one attached hydrogen (secondary N) is 1. The zero-order valence-corrected chi connectivity index (χ0v) is 13.8. The molecule has 1 aromatic heterocycles. The second-order valence-corrected chi connectivity index (χ2v) is 5.81. The van der Waals surface area contributed by atoms with E-state index in [1.807, 2.05) is 0 Å². The monoisotopic (exact) mass is 366 g/mol. The van der Waals surface area contributed by atoms with Gasteiger partial charge in [-0.2, -0.15) is 14.9 Å². The van der Waals surface area contributed by atoms with E-state index in [1.54, 1.807) is 36.5 Å². The molecule has 1 N–H and O–H groups in total. The van der Waals surface area contributed by atoms with Gasteiger partial charge >= 0.3 is 0 Å². The third kappa shape index (κ3) is 3.50. The van der Waals surface area contributed by atoms with E-state index in [4.69, 9.17) is 35.4 Å². The number of aromatic nitrogens is 3. The summed E-state index contributed by atoms with van der Waals surface area (Å²) in [4.78, 5) is 0. The molecule has 0 saturated carbocycles. The van der Waals surface area contributed by atoms with Crippen LogP contribution in [0, 0.1) is 10.6 Å². The predicted molar refractivity (Wildman–Crippen MR) is 92.3 cm³/mol. The minimum atomic E-state index is -0.310. The van der Waals surface area contributed by atoms with E-state index in [-0.39, 0.29) is 5.82 Å². The molecule has 0 fully saturated rings. The highest BCUT2D eigenvalue weighted by atomic mass is 35.5. The number of hydrogen-bond acceptors (Lipinski definition) is 3. The van der Waals surface area contributed by atoms with Gasteiger partial charge in [0.1, 0.15) is 5.82 Å². The first-order chi connectivity index (χ1) is 11.0. The summed E-state index contributed by atoms with van der Waals surface area (Å²) in [6, 6.07) is 11.0. The van der Waals surface area contributed by atoms with E-state index >= 15 is 0 Å².